The maximum atomic E-state index is 11.1. The molecule has 0 bridgehead atoms. The molecule has 3 aromatic rings. The minimum Gasteiger partial charge on any atom is -0.447 e. The van der Waals surface area contributed by atoms with Crippen molar-refractivity contribution in [2.45, 2.75) is 6.04 Å². The van der Waals surface area contributed by atoms with Crippen LogP contribution < -0.4 is 5.32 Å². The Bertz CT molecular complexity index is 921. The number of carbonyl (C=O) groups excluding carboxylic acids is 1. The number of benzene rings is 1. The molecule has 6 nitrogen and oxygen atoms in total. The highest BCUT2D eigenvalue weighted by Gasteiger charge is 2.23. The lowest BCUT2D eigenvalue weighted by Gasteiger charge is -2.07. The third kappa shape index (κ3) is 6.62. The summed E-state index contributed by atoms with van der Waals surface area (Å²) in [7, 11) is 0. The molecule has 1 aliphatic heterocycles. The maximum Gasteiger partial charge on any atom is 0.407 e. The van der Waals surface area contributed by atoms with Crippen LogP contribution in [0.5, 0.6) is 0 Å². The predicted molar refractivity (Wildman–Crippen MR) is 106 cm³/mol. The summed E-state index contributed by atoms with van der Waals surface area (Å²) in [6.45, 7) is 0.359. The van der Waals surface area contributed by atoms with Crippen LogP contribution in [0.2, 0.25) is 0 Å². The summed E-state index contributed by atoms with van der Waals surface area (Å²) in [6.07, 6.45) is 17.6. The quantitative estimate of drug-likeness (QED) is 0.667. The van der Waals surface area contributed by atoms with Crippen LogP contribution in [-0.4, -0.2) is 27.7 Å². The molecule has 0 spiro atoms. The van der Waals surface area contributed by atoms with Gasteiger partial charge in [0.2, 0.25) is 0 Å². The Morgan fingerprint density at radius 2 is 1.61 bits per heavy atom. The second-order valence-electron chi connectivity index (χ2n) is 5.31. The third-order valence-electron chi connectivity index (χ3n) is 3.45. The molecule has 1 atom stereocenters. The second-order valence-corrected chi connectivity index (χ2v) is 5.31. The van der Waals surface area contributed by atoms with Crippen LogP contribution in [-0.2, 0) is 4.74 Å². The van der Waals surface area contributed by atoms with Gasteiger partial charge in [-0.05, 0) is 29.8 Å². The van der Waals surface area contributed by atoms with E-state index in [2.05, 4.69) is 45.0 Å². The monoisotopic (exact) mass is 370 g/mol. The van der Waals surface area contributed by atoms with Crippen LogP contribution in [0.3, 0.4) is 0 Å². The highest BCUT2D eigenvalue weighted by atomic mass is 16.6. The Morgan fingerprint density at radius 3 is 2.18 bits per heavy atom. The highest BCUT2D eigenvalue weighted by Crippen LogP contribution is 2.18. The predicted octanol–water partition coefficient (Wildman–Crippen LogP) is 2.99. The zero-order chi connectivity index (χ0) is 20.0. The Morgan fingerprint density at radius 1 is 0.929 bits per heavy atom. The molecule has 4 rings (SSSR count). The van der Waals surface area contributed by atoms with E-state index in [1.54, 1.807) is 37.2 Å². The first-order valence-electron chi connectivity index (χ1n) is 8.30. The standard InChI is InChI=1S/C16H12N2O2.C4H4N2.C2H2/c19-16-18-15(11-20-16)14-5-1-3-12(9-14)6-7-13-4-2-8-17-10-13;1-2-6-4-3-5-1;1-2/h1-5,8-10,15H,11H2,(H,18,19);1-4H;1-2H/t15-;;/m0../s1. The molecule has 0 aliphatic carbocycles. The van der Waals surface area contributed by atoms with E-state index in [4.69, 9.17) is 4.74 Å². The number of carbonyl (C=O) groups is 1. The Kier molecular flexibility index (Phi) is 8.25. The molecule has 138 valence electrons. The van der Waals surface area contributed by atoms with Gasteiger partial charge in [-0.15, -0.1) is 12.8 Å². The zero-order valence-electron chi connectivity index (χ0n) is 15.0. The van der Waals surface area contributed by atoms with E-state index >= 15 is 0 Å². The fraction of sp³-hybridized carbons (Fsp3) is 0.0909. The van der Waals surface area contributed by atoms with E-state index in [0.29, 0.717) is 6.61 Å². The van der Waals surface area contributed by atoms with Gasteiger partial charge in [0.1, 0.15) is 6.61 Å². The van der Waals surface area contributed by atoms with Gasteiger partial charge in [0, 0.05) is 48.3 Å². The van der Waals surface area contributed by atoms with Crippen LogP contribution in [0.15, 0.2) is 73.6 Å². The number of terminal acetylenes is 1. The number of hydrogen-bond acceptors (Lipinski definition) is 5. The molecule has 1 aliphatic rings. The largest absolute Gasteiger partial charge is 0.447 e. The van der Waals surface area contributed by atoms with Gasteiger partial charge >= 0.3 is 6.09 Å². The first-order valence-corrected chi connectivity index (χ1v) is 8.30. The number of pyridine rings is 1. The van der Waals surface area contributed by atoms with Crippen LogP contribution in [0, 0.1) is 24.7 Å². The summed E-state index contributed by atoms with van der Waals surface area (Å²) in [4.78, 5) is 22.5. The fourth-order valence-corrected chi connectivity index (χ4v) is 2.23. The van der Waals surface area contributed by atoms with Crippen molar-refractivity contribution in [3.05, 3.63) is 90.3 Å². The molecule has 1 N–H and O–H groups in total. The number of cyclic esters (lactones) is 1. The Labute approximate surface area is 164 Å². The van der Waals surface area contributed by atoms with Gasteiger partial charge in [0.25, 0.3) is 0 Å². The van der Waals surface area contributed by atoms with Crippen molar-refractivity contribution in [2.24, 2.45) is 0 Å². The van der Waals surface area contributed by atoms with Crippen LogP contribution in [0.4, 0.5) is 4.79 Å². The van der Waals surface area contributed by atoms with E-state index in [1.165, 1.54) is 0 Å². The van der Waals surface area contributed by atoms with Gasteiger partial charge in [-0.2, -0.15) is 0 Å². The summed E-state index contributed by atoms with van der Waals surface area (Å²) in [5.41, 5.74) is 2.76. The summed E-state index contributed by atoms with van der Waals surface area (Å²) >= 11 is 0. The van der Waals surface area contributed by atoms with Gasteiger partial charge in [-0.3, -0.25) is 15.0 Å². The molecular formula is C22H18N4O2. The lowest BCUT2D eigenvalue weighted by Crippen LogP contribution is -2.18. The molecule has 1 amide bonds. The van der Waals surface area contributed by atoms with Gasteiger partial charge in [0.05, 0.1) is 6.04 Å². The van der Waals surface area contributed by atoms with Crippen molar-refractivity contribution in [3.8, 4) is 24.7 Å². The summed E-state index contributed by atoms with van der Waals surface area (Å²) in [5.74, 6) is 6.15. The van der Waals surface area contributed by atoms with Crippen molar-refractivity contribution < 1.29 is 9.53 Å². The van der Waals surface area contributed by atoms with Gasteiger partial charge in [0.15, 0.2) is 0 Å². The number of amides is 1. The van der Waals surface area contributed by atoms with E-state index < -0.39 is 0 Å². The Balaban J connectivity index is 0.000000296. The van der Waals surface area contributed by atoms with Gasteiger partial charge in [-0.25, -0.2) is 4.79 Å². The van der Waals surface area contributed by atoms with E-state index in [0.717, 1.165) is 16.7 Å². The van der Waals surface area contributed by atoms with Crippen molar-refractivity contribution in [1.82, 2.24) is 20.3 Å². The van der Waals surface area contributed by atoms with Crippen molar-refractivity contribution >= 4 is 6.09 Å². The minimum atomic E-state index is -0.373. The molecule has 0 unspecified atom stereocenters. The van der Waals surface area contributed by atoms with E-state index in [1.807, 2.05) is 36.4 Å². The van der Waals surface area contributed by atoms with Crippen LogP contribution in [0.1, 0.15) is 22.7 Å². The molecule has 2 aromatic heterocycles. The normalized spacial score (nSPS) is 13.8. The summed E-state index contributed by atoms with van der Waals surface area (Å²) in [5, 5.41) is 2.75. The minimum absolute atomic E-state index is 0.0948. The van der Waals surface area contributed by atoms with Crippen molar-refractivity contribution in [1.29, 1.82) is 0 Å². The molecule has 1 fully saturated rings. The van der Waals surface area contributed by atoms with E-state index in [9.17, 15) is 4.79 Å². The second kappa shape index (κ2) is 11.5. The molecule has 1 saturated heterocycles. The number of alkyl carbamates (subject to hydrolysis) is 1. The average molecular weight is 370 g/mol. The van der Waals surface area contributed by atoms with Gasteiger partial charge < -0.3 is 10.1 Å². The topological polar surface area (TPSA) is 77.0 Å². The molecule has 6 heteroatoms. The molecule has 0 radical (unpaired) electrons. The number of aromatic nitrogens is 3. The number of nitrogens with one attached hydrogen (secondary N) is 1. The maximum absolute atomic E-state index is 11.1. The first kappa shape index (κ1) is 20.2. The van der Waals surface area contributed by atoms with E-state index in [-0.39, 0.29) is 12.1 Å². The third-order valence-corrected chi connectivity index (χ3v) is 3.45. The smallest absolute Gasteiger partial charge is 0.407 e. The highest BCUT2D eigenvalue weighted by molar-refractivity contribution is 5.70. The lowest BCUT2D eigenvalue weighted by atomic mass is 10.0. The summed E-state index contributed by atoms with van der Waals surface area (Å²) < 4.78 is 4.89. The number of ether oxygens (including phenoxy) is 1. The SMILES string of the molecule is C#C.O=C1N[C@H](c2cccc(C#Cc3cccnc3)c2)CO1.c1cnccn1. The molecule has 3 heterocycles. The number of rotatable bonds is 1. The average Bonchev–Trinajstić information content (AvgIpc) is 3.23. The van der Waals surface area contributed by atoms with Crippen molar-refractivity contribution in [3.63, 3.8) is 0 Å². The van der Waals surface area contributed by atoms with Crippen molar-refractivity contribution in [2.75, 3.05) is 6.61 Å². The van der Waals surface area contributed by atoms with Crippen LogP contribution in [0.25, 0.3) is 0 Å². The summed E-state index contributed by atoms with van der Waals surface area (Å²) in [6, 6.07) is 11.4. The zero-order valence-corrected chi connectivity index (χ0v) is 15.0. The number of nitrogens with zero attached hydrogens (tertiary/aromatic N) is 3. The lowest BCUT2D eigenvalue weighted by molar-refractivity contribution is 0.177. The van der Waals surface area contributed by atoms with Gasteiger partial charge in [-0.1, -0.05) is 24.0 Å². The molecular weight excluding hydrogens is 352 g/mol. The Hall–Kier alpha value is -4.16. The number of hydrogen-bond donors (Lipinski definition) is 1. The molecule has 28 heavy (non-hydrogen) atoms. The van der Waals surface area contributed by atoms with Crippen LogP contribution >= 0.6 is 0 Å². The molecule has 1 aromatic carbocycles. The molecule has 0 saturated carbocycles. The fourth-order valence-electron chi connectivity index (χ4n) is 2.23. The first-order chi connectivity index (χ1) is 13.8.